The molecule has 3 heteroatoms. The SMILES string of the molecule is COc1ccccc1CNC(=O)C(C)(C)Cc1ccccc1. The first kappa shape index (κ1) is 16.1. The summed E-state index contributed by atoms with van der Waals surface area (Å²) in [7, 11) is 1.64. The lowest BCUT2D eigenvalue weighted by Crippen LogP contribution is -2.38. The smallest absolute Gasteiger partial charge is 0.226 e. The summed E-state index contributed by atoms with van der Waals surface area (Å²) in [6.07, 6.45) is 0.714. The first-order valence-corrected chi connectivity index (χ1v) is 7.47. The van der Waals surface area contributed by atoms with Gasteiger partial charge in [-0.1, -0.05) is 62.4 Å². The number of hydrogen-bond acceptors (Lipinski definition) is 2. The monoisotopic (exact) mass is 297 g/mol. The maximum atomic E-state index is 12.5. The number of carbonyl (C=O) groups is 1. The van der Waals surface area contributed by atoms with Crippen molar-refractivity contribution >= 4 is 5.91 Å². The van der Waals surface area contributed by atoms with Crippen LogP contribution < -0.4 is 10.1 Å². The molecule has 0 aromatic heterocycles. The Morgan fingerprint density at radius 3 is 2.36 bits per heavy atom. The fourth-order valence-electron chi connectivity index (χ4n) is 2.45. The Hall–Kier alpha value is -2.29. The highest BCUT2D eigenvalue weighted by Gasteiger charge is 2.27. The van der Waals surface area contributed by atoms with E-state index in [1.165, 1.54) is 5.56 Å². The van der Waals surface area contributed by atoms with Gasteiger partial charge in [-0.05, 0) is 18.1 Å². The number of para-hydroxylation sites is 1. The quantitative estimate of drug-likeness (QED) is 0.885. The molecule has 0 saturated heterocycles. The van der Waals surface area contributed by atoms with Crippen LogP contribution in [0.1, 0.15) is 25.0 Å². The van der Waals surface area contributed by atoms with E-state index in [0.29, 0.717) is 13.0 Å². The summed E-state index contributed by atoms with van der Waals surface area (Å²) in [6.45, 7) is 4.41. The van der Waals surface area contributed by atoms with E-state index in [-0.39, 0.29) is 5.91 Å². The third kappa shape index (κ3) is 4.10. The van der Waals surface area contributed by atoms with Crippen LogP contribution in [-0.2, 0) is 17.8 Å². The molecule has 3 nitrogen and oxygen atoms in total. The van der Waals surface area contributed by atoms with Crippen molar-refractivity contribution in [1.29, 1.82) is 0 Å². The van der Waals surface area contributed by atoms with E-state index in [2.05, 4.69) is 17.4 Å². The van der Waals surface area contributed by atoms with Crippen LogP contribution in [0.3, 0.4) is 0 Å². The Kier molecular flexibility index (Phi) is 5.21. The van der Waals surface area contributed by atoms with Crippen LogP contribution in [-0.4, -0.2) is 13.0 Å². The van der Waals surface area contributed by atoms with Crippen LogP contribution in [0.5, 0.6) is 5.75 Å². The summed E-state index contributed by atoms with van der Waals surface area (Å²) in [5, 5.41) is 3.02. The lowest BCUT2D eigenvalue weighted by Gasteiger charge is -2.24. The first-order chi connectivity index (χ1) is 10.5. The van der Waals surface area contributed by atoms with E-state index < -0.39 is 5.41 Å². The summed E-state index contributed by atoms with van der Waals surface area (Å²) >= 11 is 0. The molecule has 1 amide bonds. The molecule has 0 radical (unpaired) electrons. The number of carbonyl (C=O) groups excluding carboxylic acids is 1. The lowest BCUT2D eigenvalue weighted by atomic mass is 9.85. The van der Waals surface area contributed by atoms with Crippen LogP contribution >= 0.6 is 0 Å². The van der Waals surface area contributed by atoms with E-state index in [1.807, 2.05) is 56.3 Å². The number of methoxy groups -OCH3 is 1. The number of benzene rings is 2. The van der Waals surface area contributed by atoms with Gasteiger partial charge < -0.3 is 10.1 Å². The molecule has 2 aromatic rings. The average molecular weight is 297 g/mol. The van der Waals surface area contributed by atoms with Crippen LogP contribution in [0, 0.1) is 5.41 Å². The second-order valence-electron chi connectivity index (χ2n) is 6.04. The van der Waals surface area contributed by atoms with Gasteiger partial charge in [0.1, 0.15) is 5.75 Å². The first-order valence-electron chi connectivity index (χ1n) is 7.47. The topological polar surface area (TPSA) is 38.3 Å². The Balaban J connectivity index is 1.99. The van der Waals surface area contributed by atoms with Crippen LogP contribution in [0.15, 0.2) is 54.6 Å². The van der Waals surface area contributed by atoms with Gasteiger partial charge in [0.15, 0.2) is 0 Å². The lowest BCUT2D eigenvalue weighted by molar-refractivity contribution is -0.129. The number of hydrogen-bond donors (Lipinski definition) is 1. The largest absolute Gasteiger partial charge is 0.496 e. The molecule has 0 fully saturated rings. The highest BCUT2D eigenvalue weighted by Crippen LogP contribution is 2.23. The molecular weight excluding hydrogens is 274 g/mol. The summed E-state index contributed by atoms with van der Waals surface area (Å²) in [6, 6.07) is 17.8. The number of ether oxygens (including phenoxy) is 1. The summed E-state index contributed by atoms with van der Waals surface area (Å²) in [4.78, 5) is 12.5. The van der Waals surface area contributed by atoms with E-state index in [4.69, 9.17) is 4.74 Å². The van der Waals surface area contributed by atoms with Gasteiger partial charge >= 0.3 is 0 Å². The van der Waals surface area contributed by atoms with Gasteiger partial charge in [0.25, 0.3) is 0 Å². The zero-order chi connectivity index (χ0) is 16.0. The minimum atomic E-state index is -0.455. The van der Waals surface area contributed by atoms with Crippen LogP contribution in [0.2, 0.25) is 0 Å². The number of rotatable bonds is 6. The number of nitrogens with one attached hydrogen (secondary N) is 1. The second kappa shape index (κ2) is 7.12. The Bertz CT molecular complexity index is 620. The molecule has 2 aromatic carbocycles. The average Bonchev–Trinajstić information content (AvgIpc) is 2.53. The number of amides is 1. The third-order valence-electron chi connectivity index (χ3n) is 3.74. The fraction of sp³-hybridized carbons (Fsp3) is 0.316. The summed E-state index contributed by atoms with van der Waals surface area (Å²) < 4.78 is 5.31. The molecule has 0 aliphatic carbocycles. The van der Waals surface area contributed by atoms with Crippen molar-refractivity contribution in [2.75, 3.05) is 7.11 Å². The highest BCUT2D eigenvalue weighted by atomic mass is 16.5. The molecule has 0 aliphatic heterocycles. The van der Waals surface area contributed by atoms with Crippen molar-refractivity contribution in [3.8, 4) is 5.75 Å². The molecule has 0 atom stereocenters. The Labute approximate surface area is 132 Å². The van der Waals surface area contributed by atoms with Crippen molar-refractivity contribution in [3.05, 3.63) is 65.7 Å². The van der Waals surface area contributed by atoms with E-state index in [0.717, 1.165) is 11.3 Å². The molecule has 2 rings (SSSR count). The fourth-order valence-corrected chi connectivity index (χ4v) is 2.45. The Morgan fingerprint density at radius 1 is 1.05 bits per heavy atom. The normalized spacial score (nSPS) is 11.0. The maximum absolute atomic E-state index is 12.5. The molecule has 22 heavy (non-hydrogen) atoms. The maximum Gasteiger partial charge on any atom is 0.226 e. The predicted octanol–water partition coefficient (Wildman–Crippen LogP) is 3.58. The van der Waals surface area contributed by atoms with E-state index >= 15 is 0 Å². The molecular formula is C19H23NO2. The van der Waals surface area contributed by atoms with Gasteiger partial charge in [0, 0.05) is 17.5 Å². The van der Waals surface area contributed by atoms with Crippen LogP contribution in [0.4, 0.5) is 0 Å². The highest BCUT2D eigenvalue weighted by molar-refractivity contribution is 5.82. The van der Waals surface area contributed by atoms with E-state index in [9.17, 15) is 4.79 Å². The van der Waals surface area contributed by atoms with Gasteiger partial charge in [0.2, 0.25) is 5.91 Å². The molecule has 116 valence electrons. The van der Waals surface area contributed by atoms with Crippen molar-refractivity contribution in [3.63, 3.8) is 0 Å². The molecule has 0 heterocycles. The molecule has 0 spiro atoms. The van der Waals surface area contributed by atoms with Gasteiger partial charge in [-0.15, -0.1) is 0 Å². The summed E-state index contributed by atoms with van der Waals surface area (Å²) in [5.74, 6) is 0.839. The zero-order valence-electron chi connectivity index (χ0n) is 13.4. The molecule has 1 N–H and O–H groups in total. The van der Waals surface area contributed by atoms with Gasteiger partial charge in [-0.3, -0.25) is 4.79 Å². The predicted molar refractivity (Wildman–Crippen MR) is 88.8 cm³/mol. The Morgan fingerprint density at radius 2 is 1.68 bits per heavy atom. The minimum absolute atomic E-state index is 0.0438. The van der Waals surface area contributed by atoms with Gasteiger partial charge in [0.05, 0.1) is 7.11 Å². The van der Waals surface area contributed by atoms with Gasteiger partial charge in [-0.2, -0.15) is 0 Å². The molecule has 0 aliphatic rings. The van der Waals surface area contributed by atoms with Crippen molar-refractivity contribution < 1.29 is 9.53 Å². The van der Waals surface area contributed by atoms with Crippen molar-refractivity contribution in [1.82, 2.24) is 5.32 Å². The third-order valence-corrected chi connectivity index (χ3v) is 3.74. The second-order valence-corrected chi connectivity index (χ2v) is 6.04. The van der Waals surface area contributed by atoms with Crippen molar-refractivity contribution in [2.45, 2.75) is 26.8 Å². The van der Waals surface area contributed by atoms with Crippen LogP contribution in [0.25, 0.3) is 0 Å². The molecule has 0 bridgehead atoms. The summed E-state index contributed by atoms with van der Waals surface area (Å²) in [5.41, 5.74) is 1.69. The minimum Gasteiger partial charge on any atom is -0.496 e. The van der Waals surface area contributed by atoms with E-state index in [1.54, 1.807) is 7.11 Å². The zero-order valence-corrected chi connectivity index (χ0v) is 13.4. The van der Waals surface area contributed by atoms with Crippen molar-refractivity contribution in [2.24, 2.45) is 5.41 Å². The van der Waals surface area contributed by atoms with Gasteiger partial charge in [-0.25, -0.2) is 0 Å². The molecule has 0 unspecified atom stereocenters. The molecule has 0 saturated carbocycles. The standard InChI is InChI=1S/C19H23NO2/c1-19(2,13-15-9-5-4-6-10-15)18(21)20-14-16-11-7-8-12-17(16)22-3/h4-12H,13-14H2,1-3H3,(H,20,21).